The van der Waals surface area contributed by atoms with Gasteiger partial charge in [-0.2, -0.15) is 5.10 Å². The Bertz CT molecular complexity index is 272. The molecule has 1 unspecified atom stereocenters. The van der Waals surface area contributed by atoms with Crippen LogP contribution in [0.2, 0.25) is 0 Å². The van der Waals surface area contributed by atoms with E-state index in [0.29, 0.717) is 6.04 Å². The van der Waals surface area contributed by atoms with E-state index >= 15 is 0 Å². The molecule has 0 aromatic carbocycles. The van der Waals surface area contributed by atoms with Crippen LogP contribution < -0.4 is 5.32 Å². The zero-order chi connectivity index (χ0) is 9.80. The molecular formula is C11H19N3. The number of aromatic nitrogens is 2. The number of aryl methyl sites for hydroxylation is 1. The van der Waals surface area contributed by atoms with E-state index in [9.17, 15) is 0 Å². The maximum absolute atomic E-state index is 4.19. The SMILES string of the molecule is Cn1cc(CC2CCCCCN2)cn1. The zero-order valence-corrected chi connectivity index (χ0v) is 8.87. The lowest BCUT2D eigenvalue weighted by atomic mass is 10.0. The van der Waals surface area contributed by atoms with Gasteiger partial charge in [-0.25, -0.2) is 0 Å². The summed E-state index contributed by atoms with van der Waals surface area (Å²) in [5.41, 5.74) is 1.35. The lowest BCUT2D eigenvalue weighted by Crippen LogP contribution is -2.30. The quantitative estimate of drug-likeness (QED) is 0.771. The number of rotatable bonds is 2. The molecule has 0 saturated carbocycles. The molecule has 1 atom stereocenters. The van der Waals surface area contributed by atoms with Gasteiger partial charge in [0.25, 0.3) is 0 Å². The van der Waals surface area contributed by atoms with Gasteiger partial charge in [-0.05, 0) is 31.4 Å². The molecule has 2 heterocycles. The van der Waals surface area contributed by atoms with Gasteiger partial charge in [0.05, 0.1) is 6.20 Å². The third-order valence-corrected chi connectivity index (χ3v) is 2.90. The Kier molecular flexibility index (Phi) is 3.19. The fourth-order valence-electron chi connectivity index (χ4n) is 2.14. The van der Waals surface area contributed by atoms with Crippen molar-refractivity contribution >= 4 is 0 Å². The fourth-order valence-corrected chi connectivity index (χ4v) is 2.14. The van der Waals surface area contributed by atoms with E-state index in [1.807, 2.05) is 17.9 Å². The molecule has 0 spiro atoms. The molecule has 1 aliphatic rings. The second kappa shape index (κ2) is 4.60. The molecule has 0 radical (unpaired) electrons. The maximum atomic E-state index is 4.19. The topological polar surface area (TPSA) is 29.9 Å². The molecule has 1 fully saturated rings. The van der Waals surface area contributed by atoms with Crippen molar-refractivity contribution < 1.29 is 0 Å². The molecule has 1 saturated heterocycles. The molecule has 3 nitrogen and oxygen atoms in total. The Labute approximate surface area is 85.5 Å². The van der Waals surface area contributed by atoms with E-state index in [0.717, 1.165) is 6.42 Å². The van der Waals surface area contributed by atoms with E-state index in [-0.39, 0.29) is 0 Å². The van der Waals surface area contributed by atoms with Gasteiger partial charge in [-0.1, -0.05) is 12.8 Å². The largest absolute Gasteiger partial charge is 0.314 e. The van der Waals surface area contributed by atoms with Crippen LogP contribution in [-0.2, 0) is 13.5 Å². The monoisotopic (exact) mass is 193 g/mol. The number of hydrogen-bond acceptors (Lipinski definition) is 2. The van der Waals surface area contributed by atoms with Gasteiger partial charge in [0.1, 0.15) is 0 Å². The summed E-state index contributed by atoms with van der Waals surface area (Å²) in [5.74, 6) is 0. The van der Waals surface area contributed by atoms with Crippen LogP contribution in [-0.4, -0.2) is 22.4 Å². The molecule has 1 N–H and O–H groups in total. The normalized spacial score (nSPS) is 23.4. The maximum Gasteiger partial charge on any atom is 0.0522 e. The van der Waals surface area contributed by atoms with Crippen molar-refractivity contribution in [2.24, 2.45) is 7.05 Å². The summed E-state index contributed by atoms with van der Waals surface area (Å²) in [7, 11) is 1.98. The van der Waals surface area contributed by atoms with Crippen molar-refractivity contribution in [3.8, 4) is 0 Å². The molecule has 1 aromatic rings. The smallest absolute Gasteiger partial charge is 0.0522 e. The Morgan fingerprint density at radius 3 is 3.21 bits per heavy atom. The molecule has 78 valence electrons. The summed E-state index contributed by atoms with van der Waals surface area (Å²) in [6.45, 7) is 1.19. The first-order valence-electron chi connectivity index (χ1n) is 5.55. The average molecular weight is 193 g/mol. The predicted molar refractivity (Wildman–Crippen MR) is 57.2 cm³/mol. The number of nitrogens with one attached hydrogen (secondary N) is 1. The molecule has 1 aromatic heterocycles. The molecule has 1 aliphatic heterocycles. The van der Waals surface area contributed by atoms with E-state index in [1.54, 1.807) is 0 Å². The van der Waals surface area contributed by atoms with Crippen molar-refractivity contribution in [3.63, 3.8) is 0 Å². The first-order valence-corrected chi connectivity index (χ1v) is 5.55. The van der Waals surface area contributed by atoms with Crippen LogP contribution in [0.25, 0.3) is 0 Å². The van der Waals surface area contributed by atoms with Crippen molar-refractivity contribution in [1.29, 1.82) is 0 Å². The first kappa shape index (κ1) is 9.71. The highest BCUT2D eigenvalue weighted by atomic mass is 15.2. The molecule has 3 heteroatoms. The molecule has 14 heavy (non-hydrogen) atoms. The van der Waals surface area contributed by atoms with E-state index in [1.165, 1.54) is 37.8 Å². The molecule has 0 aliphatic carbocycles. The lowest BCUT2D eigenvalue weighted by molar-refractivity contribution is 0.507. The van der Waals surface area contributed by atoms with Gasteiger partial charge >= 0.3 is 0 Å². The highest BCUT2D eigenvalue weighted by Gasteiger charge is 2.12. The van der Waals surface area contributed by atoms with Gasteiger partial charge in [0.2, 0.25) is 0 Å². The first-order chi connectivity index (χ1) is 6.84. The van der Waals surface area contributed by atoms with Gasteiger partial charge in [-0.15, -0.1) is 0 Å². The van der Waals surface area contributed by atoms with E-state index in [4.69, 9.17) is 0 Å². The second-order valence-corrected chi connectivity index (χ2v) is 4.23. The standard InChI is InChI=1S/C11H19N3/c1-14-9-10(8-13-14)7-11-5-3-2-4-6-12-11/h8-9,11-12H,2-7H2,1H3. The Hall–Kier alpha value is -0.830. The van der Waals surface area contributed by atoms with Crippen molar-refractivity contribution in [2.75, 3.05) is 6.54 Å². The van der Waals surface area contributed by atoms with Crippen LogP contribution in [0, 0.1) is 0 Å². The van der Waals surface area contributed by atoms with Crippen LogP contribution in [0.4, 0.5) is 0 Å². The fraction of sp³-hybridized carbons (Fsp3) is 0.727. The summed E-state index contributed by atoms with van der Waals surface area (Å²) in [6.07, 6.45) is 10.6. The summed E-state index contributed by atoms with van der Waals surface area (Å²) in [5, 5.41) is 7.80. The van der Waals surface area contributed by atoms with Crippen LogP contribution in [0.15, 0.2) is 12.4 Å². The van der Waals surface area contributed by atoms with Gasteiger partial charge in [0, 0.05) is 19.3 Å². The Morgan fingerprint density at radius 1 is 1.50 bits per heavy atom. The zero-order valence-electron chi connectivity index (χ0n) is 8.87. The summed E-state index contributed by atoms with van der Waals surface area (Å²) in [4.78, 5) is 0. The number of nitrogens with zero attached hydrogens (tertiary/aromatic N) is 2. The van der Waals surface area contributed by atoms with E-state index in [2.05, 4.69) is 16.6 Å². The number of hydrogen-bond donors (Lipinski definition) is 1. The van der Waals surface area contributed by atoms with Crippen molar-refractivity contribution in [3.05, 3.63) is 18.0 Å². The van der Waals surface area contributed by atoms with Crippen LogP contribution in [0.1, 0.15) is 31.2 Å². The molecular weight excluding hydrogens is 174 g/mol. The summed E-state index contributed by atoms with van der Waals surface area (Å²) < 4.78 is 1.88. The summed E-state index contributed by atoms with van der Waals surface area (Å²) >= 11 is 0. The third-order valence-electron chi connectivity index (χ3n) is 2.90. The van der Waals surface area contributed by atoms with Gasteiger partial charge < -0.3 is 5.32 Å². The minimum atomic E-state index is 0.668. The molecule has 0 bridgehead atoms. The second-order valence-electron chi connectivity index (χ2n) is 4.23. The van der Waals surface area contributed by atoms with Crippen molar-refractivity contribution in [1.82, 2.24) is 15.1 Å². The Balaban J connectivity index is 1.89. The van der Waals surface area contributed by atoms with Crippen LogP contribution >= 0.6 is 0 Å². The van der Waals surface area contributed by atoms with Crippen molar-refractivity contribution in [2.45, 2.75) is 38.1 Å². The summed E-state index contributed by atoms with van der Waals surface area (Å²) in [6, 6.07) is 0.668. The highest BCUT2D eigenvalue weighted by molar-refractivity contribution is 5.06. The lowest BCUT2D eigenvalue weighted by Gasteiger charge is -2.13. The van der Waals surface area contributed by atoms with Gasteiger partial charge in [-0.3, -0.25) is 4.68 Å². The van der Waals surface area contributed by atoms with E-state index < -0.39 is 0 Å². The minimum Gasteiger partial charge on any atom is -0.314 e. The molecule has 2 rings (SSSR count). The van der Waals surface area contributed by atoms with Crippen LogP contribution in [0.5, 0.6) is 0 Å². The Morgan fingerprint density at radius 2 is 2.43 bits per heavy atom. The van der Waals surface area contributed by atoms with Crippen LogP contribution in [0.3, 0.4) is 0 Å². The van der Waals surface area contributed by atoms with Gasteiger partial charge in [0.15, 0.2) is 0 Å². The third kappa shape index (κ3) is 2.58. The minimum absolute atomic E-state index is 0.668. The predicted octanol–water partition coefficient (Wildman–Crippen LogP) is 1.49. The average Bonchev–Trinajstić information content (AvgIpc) is 2.43. The highest BCUT2D eigenvalue weighted by Crippen LogP contribution is 2.12. The molecule has 0 amide bonds.